The highest BCUT2D eigenvalue weighted by Crippen LogP contribution is 2.06. The summed E-state index contributed by atoms with van der Waals surface area (Å²) in [5.74, 6) is -0.221. The summed E-state index contributed by atoms with van der Waals surface area (Å²) >= 11 is 0. The SMILES string of the molecule is Cc1ccc(C(=O)NCCN(Cc2ccccn2)S(C)(=O)=O)cc1. The fraction of sp³-hybridized carbons (Fsp3) is 0.294. The molecule has 0 saturated heterocycles. The minimum Gasteiger partial charge on any atom is -0.351 e. The Labute approximate surface area is 142 Å². The first kappa shape index (κ1) is 18.1. The third-order valence-electron chi connectivity index (χ3n) is 3.49. The number of rotatable bonds is 7. The summed E-state index contributed by atoms with van der Waals surface area (Å²) in [7, 11) is -3.39. The summed E-state index contributed by atoms with van der Waals surface area (Å²) in [4.78, 5) is 16.2. The zero-order valence-corrected chi connectivity index (χ0v) is 14.6. The van der Waals surface area contributed by atoms with Gasteiger partial charge in [-0.05, 0) is 31.2 Å². The van der Waals surface area contributed by atoms with Crippen LogP contribution in [0.4, 0.5) is 0 Å². The number of pyridine rings is 1. The van der Waals surface area contributed by atoms with Crippen LogP contribution in [0.25, 0.3) is 0 Å². The second-order valence-electron chi connectivity index (χ2n) is 5.54. The fourth-order valence-electron chi connectivity index (χ4n) is 2.14. The summed E-state index contributed by atoms with van der Waals surface area (Å²) in [5, 5.41) is 2.74. The molecule has 0 saturated carbocycles. The number of benzene rings is 1. The molecule has 1 amide bonds. The molecule has 0 radical (unpaired) electrons. The van der Waals surface area contributed by atoms with Gasteiger partial charge < -0.3 is 5.32 Å². The van der Waals surface area contributed by atoms with Crippen molar-refractivity contribution in [3.63, 3.8) is 0 Å². The lowest BCUT2D eigenvalue weighted by Gasteiger charge is -2.19. The lowest BCUT2D eigenvalue weighted by molar-refractivity contribution is 0.0951. The van der Waals surface area contributed by atoms with Gasteiger partial charge in [-0.15, -0.1) is 0 Å². The van der Waals surface area contributed by atoms with E-state index in [1.165, 1.54) is 4.31 Å². The van der Waals surface area contributed by atoms with Gasteiger partial charge in [0.15, 0.2) is 0 Å². The van der Waals surface area contributed by atoms with Gasteiger partial charge in [0, 0.05) is 24.8 Å². The largest absolute Gasteiger partial charge is 0.351 e. The number of carbonyl (C=O) groups excluding carboxylic acids is 1. The molecule has 7 heteroatoms. The van der Waals surface area contributed by atoms with E-state index in [1.54, 1.807) is 30.5 Å². The highest BCUT2D eigenvalue weighted by atomic mass is 32.2. The molecule has 1 aromatic carbocycles. The van der Waals surface area contributed by atoms with Crippen LogP contribution in [-0.4, -0.2) is 43.0 Å². The molecule has 2 aromatic rings. The number of nitrogens with zero attached hydrogens (tertiary/aromatic N) is 2. The van der Waals surface area contributed by atoms with Gasteiger partial charge in [-0.3, -0.25) is 9.78 Å². The first-order valence-electron chi connectivity index (χ1n) is 7.56. The van der Waals surface area contributed by atoms with Crippen molar-refractivity contribution in [1.82, 2.24) is 14.6 Å². The van der Waals surface area contributed by atoms with Crippen LogP contribution in [-0.2, 0) is 16.6 Å². The molecule has 6 nitrogen and oxygen atoms in total. The fourth-order valence-corrected chi connectivity index (χ4v) is 2.93. The van der Waals surface area contributed by atoms with Crippen LogP contribution in [0.2, 0.25) is 0 Å². The summed E-state index contributed by atoms with van der Waals surface area (Å²) in [5.41, 5.74) is 2.29. The first-order valence-corrected chi connectivity index (χ1v) is 9.41. The Balaban J connectivity index is 1.93. The van der Waals surface area contributed by atoms with E-state index in [-0.39, 0.29) is 25.5 Å². The van der Waals surface area contributed by atoms with Crippen LogP contribution in [0.1, 0.15) is 21.6 Å². The summed E-state index contributed by atoms with van der Waals surface area (Å²) < 4.78 is 25.1. The van der Waals surface area contributed by atoms with E-state index in [9.17, 15) is 13.2 Å². The van der Waals surface area contributed by atoms with Crippen LogP contribution < -0.4 is 5.32 Å². The van der Waals surface area contributed by atoms with E-state index in [1.807, 2.05) is 25.1 Å². The quantitative estimate of drug-likeness (QED) is 0.825. The Morgan fingerprint density at radius 2 is 1.88 bits per heavy atom. The van der Waals surface area contributed by atoms with Gasteiger partial charge in [-0.1, -0.05) is 23.8 Å². The number of sulfonamides is 1. The molecule has 0 aliphatic carbocycles. The highest BCUT2D eigenvalue weighted by molar-refractivity contribution is 7.88. The van der Waals surface area contributed by atoms with Crippen molar-refractivity contribution in [2.75, 3.05) is 19.3 Å². The van der Waals surface area contributed by atoms with E-state index in [0.29, 0.717) is 11.3 Å². The van der Waals surface area contributed by atoms with Gasteiger partial charge in [-0.2, -0.15) is 4.31 Å². The monoisotopic (exact) mass is 347 g/mol. The Bertz CT molecular complexity index is 774. The lowest BCUT2D eigenvalue weighted by Crippen LogP contribution is -2.37. The third kappa shape index (κ3) is 5.43. The number of nitrogens with one attached hydrogen (secondary N) is 1. The standard InChI is InChI=1S/C17H21N3O3S/c1-14-6-8-15(9-7-14)17(21)19-11-12-20(24(2,22)23)13-16-5-3-4-10-18-16/h3-10H,11-13H2,1-2H3,(H,19,21). The lowest BCUT2D eigenvalue weighted by atomic mass is 10.1. The average molecular weight is 347 g/mol. The Morgan fingerprint density at radius 1 is 1.17 bits per heavy atom. The first-order chi connectivity index (χ1) is 11.4. The predicted molar refractivity (Wildman–Crippen MR) is 93.0 cm³/mol. The number of hydrogen-bond acceptors (Lipinski definition) is 4. The van der Waals surface area contributed by atoms with Gasteiger partial charge in [0.2, 0.25) is 10.0 Å². The van der Waals surface area contributed by atoms with Crippen molar-refractivity contribution in [2.24, 2.45) is 0 Å². The van der Waals surface area contributed by atoms with Crippen LogP contribution in [0, 0.1) is 6.92 Å². The zero-order chi connectivity index (χ0) is 17.6. The Kier molecular flexibility index (Phi) is 6.05. The predicted octanol–water partition coefficient (Wildman–Crippen LogP) is 1.58. The van der Waals surface area contributed by atoms with Crippen LogP contribution in [0.5, 0.6) is 0 Å². The van der Waals surface area contributed by atoms with Crippen LogP contribution in [0.3, 0.4) is 0 Å². The second-order valence-corrected chi connectivity index (χ2v) is 7.52. The number of aryl methyl sites for hydroxylation is 1. The minimum atomic E-state index is -3.39. The summed E-state index contributed by atoms with van der Waals surface area (Å²) in [6, 6.07) is 12.6. The summed E-state index contributed by atoms with van der Waals surface area (Å²) in [6.45, 7) is 2.54. The molecule has 0 aliphatic heterocycles. The van der Waals surface area contributed by atoms with E-state index < -0.39 is 10.0 Å². The number of carbonyl (C=O) groups is 1. The van der Waals surface area contributed by atoms with Crippen molar-refractivity contribution in [1.29, 1.82) is 0 Å². The van der Waals surface area contributed by atoms with E-state index in [4.69, 9.17) is 0 Å². The molecular formula is C17H21N3O3S. The van der Waals surface area contributed by atoms with Gasteiger partial charge in [0.25, 0.3) is 5.91 Å². The van der Waals surface area contributed by atoms with Crippen molar-refractivity contribution in [3.8, 4) is 0 Å². The average Bonchev–Trinajstić information content (AvgIpc) is 2.54. The van der Waals surface area contributed by atoms with Crippen molar-refractivity contribution in [2.45, 2.75) is 13.5 Å². The van der Waals surface area contributed by atoms with E-state index in [2.05, 4.69) is 10.3 Å². The van der Waals surface area contributed by atoms with Crippen molar-refractivity contribution in [3.05, 3.63) is 65.5 Å². The molecule has 0 spiro atoms. The maximum atomic E-state index is 12.1. The zero-order valence-electron chi connectivity index (χ0n) is 13.8. The third-order valence-corrected chi connectivity index (χ3v) is 4.74. The molecule has 24 heavy (non-hydrogen) atoms. The van der Waals surface area contributed by atoms with Gasteiger partial charge in [-0.25, -0.2) is 8.42 Å². The molecule has 0 aliphatic rings. The van der Waals surface area contributed by atoms with E-state index >= 15 is 0 Å². The van der Waals surface area contributed by atoms with Crippen LogP contribution in [0.15, 0.2) is 48.7 Å². The van der Waals surface area contributed by atoms with Crippen molar-refractivity contribution < 1.29 is 13.2 Å². The molecule has 0 atom stereocenters. The second kappa shape index (κ2) is 8.03. The molecule has 0 bridgehead atoms. The molecular weight excluding hydrogens is 326 g/mol. The maximum absolute atomic E-state index is 12.1. The van der Waals surface area contributed by atoms with Gasteiger partial charge in [0.05, 0.1) is 18.5 Å². The maximum Gasteiger partial charge on any atom is 0.251 e. The van der Waals surface area contributed by atoms with E-state index in [0.717, 1.165) is 11.8 Å². The Morgan fingerprint density at radius 3 is 2.46 bits per heavy atom. The minimum absolute atomic E-state index is 0.181. The van der Waals surface area contributed by atoms with Crippen molar-refractivity contribution >= 4 is 15.9 Å². The number of amides is 1. The Hall–Kier alpha value is -2.25. The molecule has 2 rings (SSSR count). The number of aromatic nitrogens is 1. The van der Waals surface area contributed by atoms with Gasteiger partial charge in [0.1, 0.15) is 0 Å². The van der Waals surface area contributed by atoms with Gasteiger partial charge >= 0.3 is 0 Å². The molecule has 0 unspecified atom stereocenters. The molecule has 1 heterocycles. The molecule has 0 fully saturated rings. The topological polar surface area (TPSA) is 79.4 Å². The highest BCUT2D eigenvalue weighted by Gasteiger charge is 2.17. The smallest absolute Gasteiger partial charge is 0.251 e. The molecule has 128 valence electrons. The summed E-state index contributed by atoms with van der Waals surface area (Å²) in [6.07, 6.45) is 2.77. The molecule has 1 aromatic heterocycles. The number of hydrogen-bond donors (Lipinski definition) is 1. The molecule has 1 N–H and O–H groups in total. The normalized spacial score (nSPS) is 11.5. The van der Waals surface area contributed by atoms with Crippen LogP contribution >= 0.6 is 0 Å².